The molecule has 0 fully saturated rings. The average molecular weight is 638 g/mol. The molecule has 234 valence electrons. The normalized spacial score (nSPS) is 11.6. The van der Waals surface area contributed by atoms with E-state index in [-0.39, 0.29) is 0 Å². The monoisotopic (exact) mass is 637 g/mol. The van der Waals surface area contributed by atoms with Crippen LogP contribution in [-0.2, 0) is 0 Å². The molecule has 10 aromatic rings. The van der Waals surface area contributed by atoms with Gasteiger partial charge in [0.1, 0.15) is 11.2 Å². The van der Waals surface area contributed by atoms with E-state index in [9.17, 15) is 0 Å². The summed E-state index contributed by atoms with van der Waals surface area (Å²) in [5.74, 6) is 0. The number of nitrogens with zero attached hydrogens (tertiary/aromatic N) is 1. The summed E-state index contributed by atoms with van der Waals surface area (Å²) in [6.45, 7) is 0. The summed E-state index contributed by atoms with van der Waals surface area (Å²) in [6.07, 6.45) is 0. The Bertz CT molecular complexity index is 2770. The molecule has 1 heterocycles. The Labute approximate surface area is 290 Å². The van der Waals surface area contributed by atoms with Gasteiger partial charge in [-0.15, -0.1) is 0 Å². The molecule has 0 aliphatic heterocycles. The summed E-state index contributed by atoms with van der Waals surface area (Å²) in [6, 6.07) is 67.5. The molecule has 0 bridgehead atoms. The molecule has 10 rings (SSSR count). The standard InChI is InChI=1S/C48H31NO/c1-4-15-32(16-5-1)34-29-35(33-17-6-2-7-18-33)31-37(30-34)49(36-19-8-3-9-20-36)43-25-14-24-39-41-27-28-45-48(42-23-12-13-26-44(42)50-45)47(41)40-22-11-10-21-38(40)46(39)43/h1-31H. The highest BCUT2D eigenvalue weighted by molar-refractivity contribution is 6.36. The lowest BCUT2D eigenvalue weighted by Crippen LogP contribution is -2.11. The Hall–Kier alpha value is -6.64. The van der Waals surface area contributed by atoms with E-state index < -0.39 is 0 Å². The molecule has 0 saturated carbocycles. The third-order valence-electron chi connectivity index (χ3n) is 9.99. The SMILES string of the molecule is c1ccc(-c2cc(-c3ccccc3)cc(N(c3ccccc3)c3cccc4c5ccc6oc7ccccc7c6c5c5ccccc5c34)c2)cc1. The van der Waals surface area contributed by atoms with Gasteiger partial charge in [-0.1, -0.05) is 133 Å². The molecule has 0 radical (unpaired) electrons. The van der Waals surface area contributed by atoms with Gasteiger partial charge in [-0.3, -0.25) is 0 Å². The number of benzene rings is 9. The molecule has 0 N–H and O–H groups in total. The smallest absolute Gasteiger partial charge is 0.136 e. The molecule has 0 aliphatic rings. The molecule has 0 aliphatic carbocycles. The lowest BCUT2D eigenvalue weighted by molar-refractivity contribution is 0.669. The van der Waals surface area contributed by atoms with E-state index in [1.54, 1.807) is 0 Å². The van der Waals surface area contributed by atoms with Gasteiger partial charge in [0.15, 0.2) is 0 Å². The predicted octanol–water partition coefficient (Wildman–Crippen LogP) is 13.8. The molecule has 0 unspecified atom stereocenters. The maximum Gasteiger partial charge on any atom is 0.136 e. The van der Waals surface area contributed by atoms with Crippen LogP contribution >= 0.6 is 0 Å². The highest BCUT2D eigenvalue weighted by Crippen LogP contribution is 2.48. The second kappa shape index (κ2) is 11.5. The van der Waals surface area contributed by atoms with Crippen LogP contribution in [0.1, 0.15) is 0 Å². The first-order valence-electron chi connectivity index (χ1n) is 17.1. The van der Waals surface area contributed by atoms with Crippen LogP contribution in [0.15, 0.2) is 192 Å². The number of hydrogen-bond donors (Lipinski definition) is 0. The zero-order chi connectivity index (χ0) is 33.0. The van der Waals surface area contributed by atoms with Gasteiger partial charge >= 0.3 is 0 Å². The number of para-hydroxylation sites is 2. The molecule has 2 heteroatoms. The van der Waals surface area contributed by atoms with Crippen molar-refractivity contribution in [3.05, 3.63) is 188 Å². The molecule has 9 aromatic carbocycles. The van der Waals surface area contributed by atoms with Crippen LogP contribution in [0, 0.1) is 0 Å². The molecular formula is C48H31NO. The van der Waals surface area contributed by atoms with Crippen LogP contribution in [0.25, 0.3) is 76.5 Å². The fraction of sp³-hybridized carbons (Fsp3) is 0. The zero-order valence-corrected chi connectivity index (χ0v) is 27.3. The molecule has 0 saturated heterocycles. The Kier molecular flexibility index (Phi) is 6.53. The fourth-order valence-electron chi connectivity index (χ4n) is 7.81. The van der Waals surface area contributed by atoms with Crippen molar-refractivity contribution in [2.45, 2.75) is 0 Å². The summed E-state index contributed by atoms with van der Waals surface area (Å²) in [5.41, 5.74) is 9.88. The highest BCUT2D eigenvalue weighted by Gasteiger charge is 2.22. The maximum absolute atomic E-state index is 6.39. The maximum atomic E-state index is 6.39. The molecule has 1 aromatic heterocycles. The van der Waals surface area contributed by atoms with Gasteiger partial charge in [-0.05, 0) is 98.4 Å². The van der Waals surface area contributed by atoms with E-state index in [0.29, 0.717) is 0 Å². The van der Waals surface area contributed by atoms with Crippen LogP contribution in [-0.4, -0.2) is 0 Å². The Morgan fingerprint density at radius 1 is 0.300 bits per heavy atom. The molecule has 0 atom stereocenters. The molecule has 50 heavy (non-hydrogen) atoms. The third kappa shape index (κ3) is 4.50. The largest absolute Gasteiger partial charge is 0.456 e. The van der Waals surface area contributed by atoms with E-state index in [1.165, 1.54) is 60.0 Å². The van der Waals surface area contributed by atoms with Gasteiger partial charge in [0, 0.05) is 32.9 Å². The van der Waals surface area contributed by atoms with Gasteiger partial charge in [0.2, 0.25) is 0 Å². The topological polar surface area (TPSA) is 16.4 Å². The van der Waals surface area contributed by atoms with Crippen molar-refractivity contribution in [3.8, 4) is 22.3 Å². The van der Waals surface area contributed by atoms with Gasteiger partial charge < -0.3 is 9.32 Å². The Balaban J connectivity index is 1.32. The van der Waals surface area contributed by atoms with Crippen molar-refractivity contribution >= 4 is 71.3 Å². The minimum Gasteiger partial charge on any atom is -0.456 e. The number of anilines is 3. The van der Waals surface area contributed by atoms with Gasteiger partial charge in [0.05, 0.1) is 5.69 Å². The summed E-state index contributed by atoms with van der Waals surface area (Å²) in [7, 11) is 0. The predicted molar refractivity (Wildman–Crippen MR) is 212 cm³/mol. The minimum absolute atomic E-state index is 0.913. The second-order valence-corrected chi connectivity index (χ2v) is 12.9. The lowest BCUT2D eigenvalue weighted by atomic mass is 9.90. The van der Waals surface area contributed by atoms with E-state index in [1.807, 2.05) is 6.07 Å². The minimum atomic E-state index is 0.913. The fourth-order valence-corrected chi connectivity index (χ4v) is 7.81. The van der Waals surface area contributed by atoms with Crippen LogP contribution in [0.3, 0.4) is 0 Å². The first-order chi connectivity index (χ1) is 24.8. The van der Waals surface area contributed by atoms with Crippen LogP contribution in [0.5, 0.6) is 0 Å². The summed E-state index contributed by atoms with van der Waals surface area (Å²) in [4.78, 5) is 2.44. The Morgan fingerprint density at radius 3 is 1.48 bits per heavy atom. The van der Waals surface area contributed by atoms with Crippen LogP contribution in [0.4, 0.5) is 17.1 Å². The molecule has 2 nitrogen and oxygen atoms in total. The summed E-state index contributed by atoms with van der Waals surface area (Å²) >= 11 is 0. The summed E-state index contributed by atoms with van der Waals surface area (Å²) in [5, 5.41) is 9.63. The number of rotatable bonds is 5. The third-order valence-corrected chi connectivity index (χ3v) is 9.99. The second-order valence-electron chi connectivity index (χ2n) is 12.9. The van der Waals surface area contributed by atoms with Crippen LogP contribution in [0.2, 0.25) is 0 Å². The van der Waals surface area contributed by atoms with Crippen LogP contribution < -0.4 is 4.90 Å². The molecular weight excluding hydrogens is 607 g/mol. The highest BCUT2D eigenvalue weighted by atomic mass is 16.3. The van der Waals surface area contributed by atoms with Crippen molar-refractivity contribution in [3.63, 3.8) is 0 Å². The average Bonchev–Trinajstić information content (AvgIpc) is 3.58. The number of furan rings is 1. The van der Waals surface area contributed by atoms with E-state index in [2.05, 4.69) is 187 Å². The lowest BCUT2D eigenvalue weighted by Gasteiger charge is -2.29. The Morgan fingerprint density at radius 2 is 0.820 bits per heavy atom. The first-order valence-corrected chi connectivity index (χ1v) is 17.1. The van der Waals surface area contributed by atoms with Crippen molar-refractivity contribution < 1.29 is 4.42 Å². The van der Waals surface area contributed by atoms with E-state index >= 15 is 0 Å². The zero-order valence-electron chi connectivity index (χ0n) is 27.3. The van der Waals surface area contributed by atoms with Gasteiger partial charge in [-0.25, -0.2) is 0 Å². The van der Waals surface area contributed by atoms with E-state index in [0.717, 1.165) is 33.6 Å². The number of hydrogen-bond acceptors (Lipinski definition) is 2. The van der Waals surface area contributed by atoms with E-state index in [4.69, 9.17) is 4.42 Å². The van der Waals surface area contributed by atoms with Crippen molar-refractivity contribution in [1.82, 2.24) is 0 Å². The molecule has 0 spiro atoms. The van der Waals surface area contributed by atoms with Crippen molar-refractivity contribution in [2.75, 3.05) is 4.90 Å². The van der Waals surface area contributed by atoms with Crippen molar-refractivity contribution in [1.29, 1.82) is 0 Å². The van der Waals surface area contributed by atoms with Gasteiger partial charge in [0.25, 0.3) is 0 Å². The van der Waals surface area contributed by atoms with Crippen molar-refractivity contribution in [2.24, 2.45) is 0 Å². The molecule has 0 amide bonds. The quantitative estimate of drug-likeness (QED) is 0.175. The summed E-state index contributed by atoms with van der Waals surface area (Å²) < 4.78 is 6.39. The number of fused-ring (bicyclic) bond motifs is 10. The van der Waals surface area contributed by atoms with Gasteiger partial charge in [-0.2, -0.15) is 0 Å². The first kappa shape index (κ1) is 28.4.